The third-order valence-electron chi connectivity index (χ3n) is 4.61. The molecule has 0 saturated heterocycles. The molecule has 0 spiro atoms. The Labute approximate surface area is 168 Å². The molecule has 1 aromatic rings. The van der Waals surface area contributed by atoms with Crippen molar-refractivity contribution in [3.05, 3.63) is 42.1 Å². The Morgan fingerprint density at radius 2 is 1.88 bits per heavy atom. The van der Waals surface area contributed by atoms with Crippen LogP contribution in [0.1, 0.15) is 50.5 Å². The first-order chi connectivity index (χ1) is 12.8. The van der Waals surface area contributed by atoms with E-state index in [1.165, 1.54) is 59.8 Å². The monoisotopic (exact) mass is 391 g/mol. The second-order valence-corrected chi connectivity index (χ2v) is 8.97. The quantitative estimate of drug-likeness (QED) is 0.276. The average molecular weight is 392 g/mol. The van der Waals surface area contributed by atoms with Crippen molar-refractivity contribution in [1.29, 1.82) is 0 Å². The summed E-state index contributed by atoms with van der Waals surface area (Å²) in [5.41, 5.74) is 1.36. The van der Waals surface area contributed by atoms with Crippen molar-refractivity contribution in [3.63, 3.8) is 0 Å². The van der Waals surface area contributed by atoms with Crippen molar-refractivity contribution >= 4 is 23.5 Å². The number of hydrogen-bond acceptors (Lipinski definition) is 4. The molecule has 0 amide bonds. The minimum Gasteiger partial charge on any atom is -0.385 e. The van der Waals surface area contributed by atoms with Gasteiger partial charge in [-0.1, -0.05) is 50.0 Å². The van der Waals surface area contributed by atoms with Crippen LogP contribution in [0, 0.1) is 12.8 Å². The maximum atomic E-state index is 5.09. The number of allylic oxidation sites excluding steroid dienone is 4. The molecule has 0 aromatic carbocycles. The molecule has 0 aliphatic heterocycles. The van der Waals surface area contributed by atoms with Crippen LogP contribution >= 0.6 is 23.5 Å². The Morgan fingerprint density at radius 3 is 2.65 bits per heavy atom. The van der Waals surface area contributed by atoms with Crippen LogP contribution in [-0.2, 0) is 4.74 Å². The van der Waals surface area contributed by atoms with Crippen molar-refractivity contribution in [2.45, 2.75) is 61.8 Å². The Kier molecular flexibility index (Phi) is 11.2. The van der Waals surface area contributed by atoms with E-state index in [2.05, 4.69) is 42.3 Å². The zero-order valence-electron chi connectivity index (χ0n) is 16.3. The van der Waals surface area contributed by atoms with E-state index in [0.717, 1.165) is 18.8 Å². The minimum atomic E-state index is 0.645. The smallest absolute Gasteiger partial charge is 0.1000 e. The van der Waals surface area contributed by atoms with Crippen LogP contribution in [-0.4, -0.2) is 30.2 Å². The summed E-state index contributed by atoms with van der Waals surface area (Å²) >= 11 is 3.90. The molecule has 26 heavy (non-hydrogen) atoms. The van der Waals surface area contributed by atoms with Crippen LogP contribution in [0.15, 0.2) is 46.5 Å². The van der Waals surface area contributed by atoms with Crippen molar-refractivity contribution in [1.82, 2.24) is 4.98 Å². The van der Waals surface area contributed by atoms with Gasteiger partial charge in [0, 0.05) is 30.6 Å². The summed E-state index contributed by atoms with van der Waals surface area (Å²) in [7, 11) is 1.78. The molecule has 0 radical (unpaired) electrons. The highest BCUT2D eigenvalue weighted by atomic mass is 32.2. The molecule has 0 bridgehead atoms. The average Bonchev–Trinajstić information content (AvgIpc) is 2.68. The number of aromatic nitrogens is 1. The van der Waals surface area contributed by atoms with Crippen molar-refractivity contribution in [2.24, 2.45) is 5.92 Å². The molecule has 1 aliphatic carbocycles. The lowest BCUT2D eigenvalue weighted by molar-refractivity contribution is 0.192. The van der Waals surface area contributed by atoms with Gasteiger partial charge in [-0.15, -0.1) is 23.5 Å². The normalized spacial score (nSPS) is 16.3. The third-order valence-corrected chi connectivity index (χ3v) is 7.14. The topological polar surface area (TPSA) is 22.1 Å². The molecule has 2 rings (SSSR count). The highest BCUT2D eigenvalue weighted by molar-refractivity contribution is 8.00. The van der Waals surface area contributed by atoms with E-state index in [9.17, 15) is 0 Å². The molecule has 2 nitrogen and oxygen atoms in total. The lowest BCUT2D eigenvalue weighted by Gasteiger charge is -2.14. The highest BCUT2D eigenvalue weighted by Gasteiger charge is 2.10. The molecule has 1 aromatic heterocycles. The predicted octanol–water partition coefficient (Wildman–Crippen LogP) is 6.69. The molecule has 1 heterocycles. The second-order valence-electron chi connectivity index (χ2n) is 6.82. The molecule has 1 unspecified atom stereocenters. The number of pyridine rings is 1. The first-order valence-electron chi connectivity index (χ1n) is 9.84. The van der Waals surface area contributed by atoms with E-state index < -0.39 is 0 Å². The molecule has 1 atom stereocenters. The van der Waals surface area contributed by atoms with Gasteiger partial charge in [0.25, 0.3) is 0 Å². The second kappa shape index (κ2) is 13.5. The predicted molar refractivity (Wildman–Crippen MR) is 116 cm³/mol. The van der Waals surface area contributed by atoms with E-state index in [0.29, 0.717) is 5.92 Å². The summed E-state index contributed by atoms with van der Waals surface area (Å²) in [4.78, 5) is 6.02. The highest BCUT2D eigenvalue weighted by Crippen LogP contribution is 2.31. The van der Waals surface area contributed by atoms with Crippen LogP contribution in [0.5, 0.6) is 0 Å². The molecule has 4 heteroatoms. The van der Waals surface area contributed by atoms with Gasteiger partial charge >= 0.3 is 0 Å². The van der Waals surface area contributed by atoms with E-state index in [-0.39, 0.29) is 0 Å². The number of nitrogens with zero attached hydrogens (tertiary/aromatic N) is 1. The fourth-order valence-electron chi connectivity index (χ4n) is 2.98. The minimum absolute atomic E-state index is 0.645. The summed E-state index contributed by atoms with van der Waals surface area (Å²) in [6, 6.07) is 2.18. The zero-order valence-corrected chi connectivity index (χ0v) is 17.9. The van der Waals surface area contributed by atoms with Crippen LogP contribution in [0.4, 0.5) is 0 Å². The molecule has 0 saturated carbocycles. The molecule has 1 aliphatic rings. The summed E-state index contributed by atoms with van der Waals surface area (Å²) in [5.74, 6) is 2.97. The first kappa shape index (κ1) is 21.6. The third kappa shape index (κ3) is 8.32. The Hall–Kier alpha value is -0.710. The van der Waals surface area contributed by atoms with Gasteiger partial charge in [-0.25, -0.2) is 4.98 Å². The standard InChI is InChI=1S/C22H33NOS2/c1-19-21(25-17-11-6-4-3-5-10-16-24-2)14-15-23-22(19)26-18-20-12-8-7-9-13-20/h7-9,12,14-15,20H,3-6,10-11,13,16-18H2,1-2H3. The first-order valence-corrected chi connectivity index (χ1v) is 11.8. The fourth-order valence-corrected chi connectivity index (χ4v) is 5.17. The van der Waals surface area contributed by atoms with Gasteiger partial charge in [0.1, 0.15) is 0 Å². The summed E-state index contributed by atoms with van der Waals surface area (Å²) in [6.45, 7) is 3.13. The van der Waals surface area contributed by atoms with Gasteiger partial charge in [-0.3, -0.25) is 0 Å². The number of thioether (sulfide) groups is 2. The maximum absolute atomic E-state index is 5.09. The van der Waals surface area contributed by atoms with Crippen molar-refractivity contribution in [2.75, 3.05) is 25.2 Å². The van der Waals surface area contributed by atoms with E-state index in [4.69, 9.17) is 4.74 Å². The van der Waals surface area contributed by atoms with Gasteiger partial charge in [-0.05, 0) is 49.5 Å². The van der Waals surface area contributed by atoms with Crippen LogP contribution in [0.2, 0.25) is 0 Å². The zero-order chi connectivity index (χ0) is 18.5. The summed E-state index contributed by atoms with van der Waals surface area (Å²) < 4.78 is 5.09. The van der Waals surface area contributed by atoms with Crippen LogP contribution < -0.4 is 0 Å². The van der Waals surface area contributed by atoms with Crippen molar-refractivity contribution in [3.8, 4) is 0 Å². The van der Waals surface area contributed by atoms with Gasteiger partial charge in [0.05, 0.1) is 5.03 Å². The largest absolute Gasteiger partial charge is 0.385 e. The molecular weight excluding hydrogens is 358 g/mol. The number of ether oxygens (including phenoxy) is 1. The summed E-state index contributed by atoms with van der Waals surface area (Å²) in [6.07, 6.45) is 19.9. The van der Waals surface area contributed by atoms with E-state index in [1.54, 1.807) is 7.11 Å². The SMILES string of the molecule is COCCCCCCCCSc1ccnc(SCC2C=CC=CC2)c1C. The van der Waals surface area contributed by atoms with Gasteiger partial charge < -0.3 is 4.74 Å². The Bertz CT molecular complexity index is 571. The van der Waals surface area contributed by atoms with Crippen molar-refractivity contribution < 1.29 is 4.74 Å². The lowest BCUT2D eigenvalue weighted by Crippen LogP contribution is -2.01. The molecule has 0 N–H and O–H groups in total. The molecular formula is C22H33NOS2. The van der Waals surface area contributed by atoms with Gasteiger partial charge in [-0.2, -0.15) is 0 Å². The lowest BCUT2D eigenvalue weighted by atomic mass is 10.0. The van der Waals surface area contributed by atoms with Gasteiger partial charge in [0.15, 0.2) is 0 Å². The number of hydrogen-bond donors (Lipinski definition) is 0. The number of rotatable bonds is 13. The molecule has 0 fully saturated rings. The molecule has 144 valence electrons. The Balaban J connectivity index is 1.64. The van der Waals surface area contributed by atoms with Gasteiger partial charge in [0.2, 0.25) is 0 Å². The van der Waals surface area contributed by atoms with E-state index >= 15 is 0 Å². The maximum Gasteiger partial charge on any atom is 0.1000 e. The fraction of sp³-hybridized carbons (Fsp3) is 0.591. The van der Waals surface area contributed by atoms with E-state index in [1.807, 2.05) is 29.7 Å². The Morgan fingerprint density at radius 1 is 1.08 bits per heavy atom. The van der Waals surface area contributed by atoms with Crippen LogP contribution in [0.25, 0.3) is 0 Å². The summed E-state index contributed by atoms with van der Waals surface area (Å²) in [5, 5.41) is 1.20. The number of unbranched alkanes of at least 4 members (excludes halogenated alkanes) is 5. The number of methoxy groups -OCH3 is 1. The van der Waals surface area contributed by atoms with Crippen LogP contribution in [0.3, 0.4) is 0 Å².